The van der Waals surface area contributed by atoms with Gasteiger partial charge in [-0.05, 0) is 67.6 Å². The van der Waals surface area contributed by atoms with Crippen LogP contribution in [-0.4, -0.2) is 73.9 Å². The van der Waals surface area contributed by atoms with Gasteiger partial charge in [0.25, 0.3) is 0 Å². The molecule has 218 valence electrons. The minimum atomic E-state index is -3.31. The molecule has 0 aliphatic carbocycles. The first-order valence-corrected chi connectivity index (χ1v) is 15.3. The van der Waals surface area contributed by atoms with Crippen molar-refractivity contribution in [3.8, 4) is 11.5 Å². The lowest BCUT2D eigenvalue weighted by atomic mass is 10.0. The van der Waals surface area contributed by atoms with E-state index in [1.54, 1.807) is 29.2 Å². The van der Waals surface area contributed by atoms with Gasteiger partial charge in [0.05, 0.1) is 12.4 Å². The average Bonchev–Trinajstić information content (AvgIpc) is 2.89. The van der Waals surface area contributed by atoms with Gasteiger partial charge in [0.1, 0.15) is 11.5 Å². The number of rotatable bonds is 13. The Morgan fingerprint density at radius 1 is 1.08 bits per heavy atom. The number of ether oxygens (including phenoxy) is 1. The fraction of sp³-hybridized carbons (Fsp3) is 0.536. The number of carbonyl (C=O) groups is 1. The minimum Gasteiger partial charge on any atom is -0.457 e. The van der Waals surface area contributed by atoms with Crippen molar-refractivity contribution in [2.75, 3.05) is 37.2 Å². The summed E-state index contributed by atoms with van der Waals surface area (Å²) in [6.45, 7) is 7.73. The summed E-state index contributed by atoms with van der Waals surface area (Å²) in [6, 6.07) is 14.8. The molecular formula is C28H43ClN4O5S. The van der Waals surface area contributed by atoms with Crippen LogP contribution < -0.4 is 14.8 Å². The molecule has 1 heterocycles. The molecule has 0 radical (unpaired) electrons. The van der Waals surface area contributed by atoms with E-state index in [-0.39, 0.29) is 24.5 Å². The quantitative estimate of drug-likeness (QED) is 0.312. The van der Waals surface area contributed by atoms with E-state index in [2.05, 4.69) is 21.9 Å². The summed E-state index contributed by atoms with van der Waals surface area (Å²) >= 11 is 0. The molecule has 0 bridgehead atoms. The molecule has 0 saturated carbocycles. The number of halogens is 1. The fourth-order valence-corrected chi connectivity index (χ4v) is 4.94. The zero-order valence-corrected chi connectivity index (χ0v) is 24.8. The number of hydrogen-bond acceptors (Lipinski definition) is 6. The van der Waals surface area contributed by atoms with Crippen LogP contribution in [0.3, 0.4) is 0 Å². The van der Waals surface area contributed by atoms with Gasteiger partial charge in [0.15, 0.2) is 0 Å². The molecule has 1 aliphatic heterocycles. The van der Waals surface area contributed by atoms with E-state index in [0.29, 0.717) is 36.7 Å². The third-order valence-corrected chi connectivity index (χ3v) is 7.22. The Kier molecular flexibility index (Phi) is 13.3. The lowest BCUT2D eigenvalue weighted by Crippen LogP contribution is -2.50. The molecule has 9 nitrogen and oxygen atoms in total. The van der Waals surface area contributed by atoms with Crippen molar-refractivity contribution in [3.05, 3.63) is 54.1 Å². The average molecular weight is 583 g/mol. The lowest BCUT2D eigenvalue weighted by Gasteiger charge is -2.34. The van der Waals surface area contributed by atoms with Crippen LogP contribution in [0.1, 0.15) is 51.5 Å². The number of nitrogens with zero attached hydrogens (tertiary/aromatic N) is 2. The van der Waals surface area contributed by atoms with Crippen LogP contribution >= 0.6 is 12.4 Å². The highest BCUT2D eigenvalue weighted by atomic mass is 35.5. The molecule has 1 saturated heterocycles. The first kappa shape index (κ1) is 32.7. The second-order valence-electron chi connectivity index (χ2n) is 10.0. The third-order valence-electron chi connectivity index (χ3n) is 6.61. The van der Waals surface area contributed by atoms with E-state index < -0.39 is 16.1 Å². The van der Waals surface area contributed by atoms with Crippen molar-refractivity contribution in [2.45, 2.75) is 64.6 Å². The molecule has 2 aromatic carbocycles. The maximum atomic E-state index is 12.8. The summed E-state index contributed by atoms with van der Waals surface area (Å²) in [5, 5.41) is 13.2. The van der Waals surface area contributed by atoms with Crippen molar-refractivity contribution in [1.82, 2.24) is 15.1 Å². The van der Waals surface area contributed by atoms with Crippen LogP contribution in [0.15, 0.2) is 48.5 Å². The maximum absolute atomic E-state index is 12.8. The highest BCUT2D eigenvalue weighted by Crippen LogP contribution is 2.24. The highest BCUT2D eigenvalue weighted by molar-refractivity contribution is 7.92. The highest BCUT2D eigenvalue weighted by Gasteiger charge is 2.24. The SMILES string of the molecule is CCCCN(CC(O)CC)C(=O)NC1CCN(Cc2ccc(Oc3ccc(NS(C)(=O)=O)cc3)cc2)CC1.Cl. The normalized spacial score (nSPS) is 15.2. The second kappa shape index (κ2) is 15.9. The van der Waals surface area contributed by atoms with Gasteiger partial charge >= 0.3 is 6.03 Å². The van der Waals surface area contributed by atoms with Gasteiger partial charge < -0.3 is 20.1 Å². The predicted molar refractivity (Wildman–Crippen MR) is 158 cm³/mol. The monoisotopic (exact) mass is 582 g/mol. The molecule has 11 heteroatoms. The van der Waals surface area contributed by atoms with Gasteiger partial charge in [-0.1, -0.05) is 32.4 Å². The minimum absolute atomic E-state index is 0. The Hall–Kier alpha value is -2.53. The molecular weight excluding hydrogens is 540 g/mol. The van der Waals surface area contributed by atoms with Crippen LogP contribution in [0.25, 0.3) is 0 Å². The summed E-state index contributed by atoms with van der Waals surface area (Å²) in [4.78, 5) is 17.0. The maximum Gasteiger partial charge on any atom is 0.317 e. The molecule has 39 heavy (non-hydrogen) atoms. The Labute approximate surface area is 239 Å². The Balaban J connectivity index is 0.00000533. The summed E-state index contributed by atoms with van der Waals surface area (Å²) < 4.78 is 31.0. The first-order chi connectivity index (χ1) is 18.1. The van der Waals surface area contributed by atoms with Gasteiger partial charge in [-0.25, -0.2) is 13.2 Å². The standard InChI is InChI=1S/C28H42N4O5S.ClH/c1-4-6-17-32(21-25(33)5-2)28(34)29-23-15-18-31(19-16-23)20-22-7-11-26(12-8-22)37-27-13-9-24(10-14-27)30-38(3,35)36;/h7-14,23,25,30,33H,4-6,15-21H2,1-3H3,(H,29,34);1H. The van der Waals surface area contributed by atoms with E-state index in [0.717, 1.165) is 51.6 Å². The van der Waals surface area contributed by atoms with Crippen molar-refractivity contribution < 1.29 is 23.1 Å². The van der Waals surface area contributed by atoms with E-state index in [1.165, 1.54) is 5.56 Å². The number of sulfonamides is 1. The topological polar surface area (TPSA) is 111 Å². The van der Waals surface area contributed by atoms with Crippen LogP contribution in [-0.2, 0) is 16.6 Å². The van der Waals surface area contributed by atoms with Crippen molar-refractivity contribution in [3.63, 3.8) is 0 Å². The summed E-state index contributed by atoms with van der Waals surface area (Å²) in [7, 11) is -3.31. The van der Waals surface area contributed by atoms with Gasteiger partial charge in [-0.15, -0.1) is 12.4 Å². The van der Waals surface area contributed by atoms with Crippen LogP contribution in [0.5, 0.6) is 11.5 Å². The number of urea groups is 1. The van der Waals surface area contributed by atoms with E-state index >= 15 is 0 Å². The Morgan fingerprint density at radius 3 is 2.21 bits per heavy atom. The summed E-state index contributed by atoms with van der Waals surface area (Å²) in [5.41, 5.74) is 1.68. The molecule has 3 rings (SSSR count). The number of benzene rings is 2. The third kappa shape index (κ3) is 11.6. The number of nitrogens with one attached hydrogen (secondary N) is 2. The van der Waals surface area contributed by atoms with Gasteiger partial charge in [0.2, 0.25) is 10.0 Å². The molecule has 2 amide bonds. The van der Waals surface area contributed by atoms with E-state index in [4.69, 9.17) is 4.74 Å². The zero-order valence-electron chi connectivity index (χ0n) is 23.1. The van der Waals surface area contributed by atoms with Crippen molar-refractivity contribution in [2.24, 2.45) is 0 Å². The smallest absolute Gasteiger partial charge is 0.317 e. The molecule has 0 spiro atoms. The van der Waals surface area contributed by atoms with Gasteiger partial charge in [-0.3, -0.25) is 9.62 Å². The number of piperidine rings is 1. The molecule has 1 unspecified atom stereocenters. The molecule has 0 aromatic heterocycles. The zero-order chi connectivity index (χ0) is 27.5. The Morgan fingerprint density at radius 2 is 1.67 bits per heavy atom. The molecule has 1 fully saturated rings. The van der Waals surface area contributed by atoms with Crippen molar-refractivity contribution in [1.29, 1.82) is 0 Å². The number of anilines is 1. The fourth-order valence-electron chi connectivity index (χ4n) is 4.37. The predicted octanol–water partition coefficient (Wildman–Crippen LogP) is 4.82. The van der Waals surface area contributed by atoms with E-state index in [9.17, 15) is 18.3 Å². The van der Waals surface area contributed by atoms with Gasteiger partial charge in [-0.2, -0.15) is 0 Å². The molecule has 3 N–H and O–H groups in total. The number of hydrogen-bond donors (Lipinski definition) is 3. The number of likely N-dealkylation sites (tertiary alicyclic amines) is 1. The molecule has 1 aliphatic rings. The molecule has 1 atom stereocenters. The van der Waals surface area contributed by atoms with E-state index in [1.807, 2.05) is 31.2 Å². The molecule has 2 aromatic rings. The first-order valence-electron chi connectivity index (χ1n) is 13.5. The summed E-state index contributed by atoms with van der Waals surface area (Å²) in [5.74, 6) is 1.33. The van der Waals surface area contributed by atoms with Crippen LogP contribution in [0.4, 0.5) is 10.5 Å². The van der Waals surface area contributed by atoms with Gasteiger partial charge in [0, 0.05) is 44.5 Å². The number of aliphatic hydroxyl groups excluding tert-OH is 1. The van der Waals surface area contributed by atoms with Crippen molar-refractivity contribution >= 4 is 34.1 Å². The number of aliphatic hydroxyl groups is 1. The number of carbonyl (C=O) groups excluding carboxylic acids is 1. The number of amides is 2. The van der Waals surface area contributed by atoms with Crippen LogP contribution in [0.2, 0.25) is 0 Å². The number of unbranched alkanes of at least 4 members (excludes halogenated alkanes) is 1. The summed E-state index contributed by atoms with van der Waals surface area (Å²) in [6.07, 6.45) is 5.00. The largest absolute Gasteiger partial charge is 0.457 e. The second-order valence-corrected chi connectivity index (χ2v) is 11.8. The van der Waals surface area contributed by atoms with Crippen LogP contribution in [0, 0.1) is 0 Å². The lowest BCUT2D eigenvalue weighted by molar-refractivity contribution is 0.112. The Bertz CT molecular complexity index is 1110.